The molecule has 4 rings (SSSR count). The Morgan fingerprint density at radius 1 is 1.08 bits per heavy atom. The molecule has 2 aromatic carbocycles. The number of carbonyl (C=O) groups excluding carboxylic acids is 1. The quantitative estimate of drug-likeness (QED) is 0.338. The Kier molecular flexibility index (Phi) is 7.17. The summed E-state index contributed by atoms with van der Waals surface area (Å²) in [5.74, 6) is -0.195. The average molecular weight is 524 g/mol. The SMILES string of the molecule is Cc1cc(N[C@H](C)c2cc(N)cc(C(F)(F)F)c2)c2cc(-c3ccn(CC(=O)N(C)C)c(=O)c3)ccc2n1. The van der Waals surface area contributed by atoms with E-state index in [1.54, 1.807) is 33.3 Å². The summed E-state index contributed by atoms with van der Waals surface area (Å²) in [5.41, 5.74) is 8.60. The minimum atomic E-state index is -4.51. The molecule has 0 bridgehead atoms. The van der Waals surface area contributed by atoms with Gasteiger partial charge >= 0.3 is 6.18 Å². The molecule has 7 nitrogen and oxygen atoms in total. The molecular weight excluding hydrogens is 495 g/mol. The fourth-order valence-electron chi connectivity index (χ4n) is 4.17. The molecule has 0 radical (unpaired) electrons. The van der Waals surface area contributed by atoms with Crippen LogP contribution in [0.2, 0.25) is 0 Å². The van der Waals surface area contributed by atoms with Crippen molar-refractivity contribution >= 4 is 28.2 Å². The minimum absolute atomic E-state index is 0.0311. The zero-order valence-corrected chi connectivity index (χ0v) is 21.4. The van der Waals surface area contributed by atoms with Gasteiger partial charge in [-0.2, -0.15) is 13.2 Å². The number of nitrogen functional groups attached to an aromatic ring is 1. The summed E-state index contributed by atoms with van der Waals surface area (Å²) in [6, 6.07) is 13.6. The maximum absolute atomic E-state index is 13.3. The average Bonchev–Trinajstić information content (AvgIpc) is 2.84. The molecule has 0 saturated carbocycles. The first-order valence-corrected chi connectivity index (χ1v) is 11.9. The molecule has 0 fully saturated rings. The highest BCUT2D eigenvalue weighted by molar-refractivity contribution is 5.94. The number of carbonyl (C=O) groups is 1. The van der Waals surface area contributed by atoms with Crippen molar-refractivity contribution in [3.63, 3.8) is 0 Å². The van der Waals surface area contributed by atoms with Crippen molar-refractivity contribution in [1.82, 2.24) is 14.5 Å². The van der Waals surface area contributed by atoms with Crippen LogP contribution in [0.1, 0.15) is 29.8 Å². The lowest BCUT2D eigenvalue weighted by atomic mass is 10.0. The van der Waals surface area contributed by atoms with E-state index in [0.29, 0.717) is 22.3 Å². The van der Waals surface area contributed by atoms with Crippen LogP contribution in [0, 0.1) is 6.92 Å². The van der Waals surface area contributed by atoms with Crippen molar-refractivity contribution in [2.45, 2.75) is 32.6 Å². The highest BCUT2D eigenvalue weighted by Gasteiger charge is 2.31. The largest absolute Gasteiger partial charge is 0.416 e. The lowest BCUT2D eigenvalue weighted by Crippen LogP contribution is -2.31. The Balaban J connectivity index is 1.70. The Morgan fingerprint density at radius 2 is 1.79 bits per heavy atom. The molecule has 10 heteroatoms. The Labute approximate surface area is 217 Å². The van der Waals surface area contributed by atoms with E-state index in [1.807, 2.05) is 31.2 Å². The van der Waals surface area contributed by atoms with Crippen molar-refractivity contribution in [2.75, 3.05) is 25.1 Å². The molecule has 0 aliphatic heterocycles. The third-order valence-corrected chi connectivity index (χ3v) is 6.25. The molecule has 1 amide bonds. The highest BCUT2D eigenvalue weighted by atomic mass is 19.4. The number of pyridine rings is 2. The standard InChI is InChI=1S/C28H28F3N5O2/c1-16-9-25(34-17(2)20-10-21(28(29,30)31)14-22(32)11-20)23-12-18(5-6-24(23)33-16)19-7-8-36(26(37)13-19)15-27(38)35(3)4/h5-14,17H,15,32H2,1-4H3,(H,33,34)/t17-/m1/s1. The van der Waals surface area contributed by atoms with Crippen LogP contribution in [0.5, 0.6) is 0 Å². The number of aryl methyl sites for hydroxylation is 1. The van der Waals surface area contributed by atoms with Crippen LogP contribution in [-0.2, 0) is 17.5 Å². The molecule has 4 aromatic rings. The number of rotatable bonds is 6. The number of aromatic nitrogens is 2. The maximum Gasteiger partial charge on any atom is 0.416 e. The van der Waals surface area contributed by atoms with Gasteiger partial charge < -0.3 is 20.5 Å². The molecule has 2 aromatic heterocycles. The number of halogens is 3. The van der Waals surface area contributed by atoms with Crippen LogP contribution in [0.4, 0.5) is 24.5 Å². The van der Waals surface area contributed by atoms with E-state index in [4.69, 9.17) is 5.73 Å². The molecule has 198 valence electrons. The highest BCUT2D eigenvalue weighted by Crippen LogP contribution is 2.35. The molecule has 0 aliphatic rings. The lowest BCUT2D eigenvalue weighted by molar-refractivity contribution is -0.137. The van der Waals surface area contributed by atoms with E-state index < -0.39 is 17.8 Å². The Morgan fingerprint density at radius 3 is 2.45 bits per heavy atom. The van der Waals surface area contributed by atoms with Gasteiger partial charge in [-0.15, -0.1) is 0 Å². The third-order valence-electron chi connectivity index (χ3n) is 6.25. The summed E-state index contributed by atoms with van der Waals surface area (Å²) >= 11 is 0. The number of benzene rings is 2. The number of nitrogens with two attached hydrogens (primary N) is 1. The van der Waals surface area contributed by atoms with E-state index in [2.05, 4.69) is 10.3 Å². The van der Waals surface area contributed by atoms with Crippen LogP contribution in [0.15, 0.2) is 65.6 Å². The van der Waals surface area contributed by atoms with Gasteiger partial charge in [-0.05, 0) is 73.0 Å². The summed E-state index contributed by atoms with van der Waals surface area (Å²) in [5, 5.41) is 4.05. The molecule has 0 unspecified atom stereocenters. The third kappa shape index (κ3) is 5.80. The smallest absolute Gasteiger partial charge is 0.399 e. The van der Waals surface area contributed by atoms with Crippen LogP contribution in [0.25, 0.3) is 22.0 Å². The number of nitrogens with one attached hydrogen (secondary N) is 1. The summed E-state index contributed by atoms with van der Waals surface area (Å²) in [4.78, 5) is 30.6. The van der Waals surface area contributed by atoms with Crippen molar-refractivity contribution < 1.29 is 18.0 Å². The van der Waals surface area contributed by atoms with E-state index >= 15 is 0 Å². The number of hydrogen-bond acceptors (Lipinski definition) is 5. The molecule has 3 N–H and O–H groups in total. The molecule has 2 heterocycles. The van der Waals surface area contributed by atoms with Crippen molar-refractivity contribution in [1.29, 1.82) is 0 Å². The predicted octanol–water partition coefficient (Wildman–Crippen LogP) is 5.23. The minimum Gasteiger partial charge on any atom is -0.399 e. The molecule has 0 saturated heterocycles. The zero-order valence-electron chi connectivity index (χ0n) is 21.4. The van der Waals surface area contributed by atoms with E-state index in [0.717, 1.165) is 28.8 Å². The normalized spacial score (nSPS) is 12.4. The van der Waals surface area contributed by atoms with Gasteiger partial charge in [0.15, 0.2) is 0 Å². The van der Waals surface area contributed by atoms with Crippen molar-refractivity contribution in [2.24, 2.45) is 0 Å². The number of nitrogens with zero attached hydrogens (tertiary/aromatic N) is 3. The Hall–Kier alpha value is -4.34. The number of fused-ring (bicyclic) bond motifs is 1. The molecule has 38 heavy (non-hydrogen) atoms. The van der Waals surface area contributed by atoms with Gasteiger partial charge in [0, 0.05) is 54.9 Å². The first-order valence-electron chi connectivity index (χ1n) is 11.9. The number of alkyl halides is 3. The summed E-state index contributed by atoms with van der Waals surface area (Å²) in [6.45, 7) is 3.54. The predicted molar refractivity (Wildman–Crippen MR) is 143 cm³/mol. The maximum atomic E-state index is 13.3. The number of likely N-dealkylation sites (N-methyl/N-ethyl adjacent to an activating group) is 1. The zero-order chi connectivity index (χ0) is 27.8. The second-order valence-corrected chi connectivity index (χ2v) is 9.46. The van der Waals surface area contributed by atoms with Crippen LogP contribution >= 0.6 is 0 Å². The first-order chi connectivity index (χ1) is 17.8. The van der Waals surface area contributed by atoms with E-state index in [9.17, 15) is 22.8 Å². The molecule has 0 aliphatic carbocycles. The number of hydrogen-bond donors (Lipinski definition) is 2. The summed E-state index contributed by atoms with van der Waals surface area (Å²) in [7, 11) is 3.25. The van der Waals surface area contributed by atoms with Crippen molar-refractivity contribution in [3.8, 4) is 11.1 Å². The van der Waals surface area contributed by atoms with Gasteiger partial charge in [0.1, 0.15) is 6.54 Å². The molecule has 1 atom stereocenters. The number of amides is 1. The fourth-order valence-corrected chi connectivity index (χ4v) is 4.17. The Bertz CT molecular complexity index is 1580. The molecule has 0 spiro atoms. The number of anilines is 2. The van der Waals surface area contributed by atoms with E-state index in [1.165, 1.54) is 21.6 Å². The van der Waals surface area contributed by atoms with Gasteiger partial charge in [0.25, 0.3) is 5.56 Å². The van der Waals surface area contributed by atoms with E-state index in [-0.39, 0.29) is 23.7 Å². The van der Waals surface area contributed by atoms with Gasteiger partial charge in [-0.25, -0.2) is 0 Å². The van der Waals surface area contributed by atoms with Gasteiger partial charge in [-0.1, -0.05) is 6.07 Å². The lowest BCUT2D eigenvalue weighted by Gasteiger charge is -2.20. The van der Waals surface area contributed by atoms with Crippen LogP contribution in [0.3, 0.4) is 0 Å². The van der Waals surface area contributed by atoms with Crippen LogP contribution in [-0.4, -0.2) is 34.5 Å². The fraction of sp³-hybridized carbons (Fsp3) is 0.250. The second-order valence-electron chi connectivity index (χ2n) is 9.46. The summed E-state index contributed by atoms with van der Waals surface area (Å²) < 4.78 is 41.3. The van der Waals surface area contributed by atoms with Gasteiger partial charge in [0.05, 0.1) is 11.1 Å². The second kappa shape index (κ2) is 10.2. The first kappa shape index (κ1) is 26.7. The monoisotopic (exact) mass is 523 g/mol. The van der Waals surface area contributed by atoms with Crippen molar-refractivity contribution in [3.05, 3.63) is 88.0 Å². The van der Waals surface area contributed by atoms with Crippen LogP contribution < -0.4 is 16.6 Å². The van der Waals surface area contributed by atoms with Gasteiger partial charge in [0.2, 0.25) is 5.91 Å². The topological polar surface area (TPSA) is 93.2 Å². The molecular formula is C28H28F3N5O2. The summed E-state index contributed by atoms with van der Waals surface area (Å²) in [6.07, 6.45) is -2.93. The van der Waals surface area contributed by atoms with Gasteiger partial charge in [-0.3, -0.25) is 14.6 Å².